The normalized spacial score (nSPS) is 14.3. The van der Waals surface area contributed by atoms with Crippen LogP contribution in [-0.4, -0.2) is 57.3 Å². The van der Waals surface area contributed by atoms with E-state index in [1.165, 1.54) is 167 Å². The van der Waals surface area contributed by atoms with Crippen molar-refractivity contribution in [3.05, 3.63) is 36.5 Å². The molecule has 0 aromatic rings. The summed E-state index contributed by atoms with van der Waals surface area (Å²) in [6.45, 7) is 4.04. The summed E-state index contributed by atoms with van der Waals surface area (Å²) < 4.78 is 0. The SMILES string of the molecule is CCCCCCCCCCCCCCCC/C=C/CC/C=C/CC/C=C/CCCC(O)C(O)C(CO)NC(=O)C(O)CCCCCCCCCCCCCCCC. The maximum absolute atomic E-state index is 12.5. The van der Waals surface area contributed by atoms with Gasteiger partial charge in [0.05, 0.1) is 18.8 Å². The first-order valence-electron chi connectivity index (χ1n) is 24.9. The van der Waals surface area contributed by atoms with E-state index in [2.05, 4.69) is 55.6 Å². The average Bonchev–Trinajstić information content (AvgIpc) is 3.22. The molecule has 4 atom stereocenters. The van der Waals surface area contributed by atoms with Gasteiger partial charge in [0.1, 0.15) is 12.2 Å². The molecule has 0 rings (SSSR count). The number of amides is 1. The van der Waals surface area contributed by atoms with E-state index >= 15 is 0 Å². The van der Waals surface area contributed by atoms with E-state index in [1.807, 2.05) is 0 Å². The molecule has 336 valence electrons. The number of carbonyl (C=O) groups is 1. The number of rotatable bonds is 45. The number of unbranched alkanes of at least 4 members (excludes halogenated alkanes) is 30. The second-order valence-corrected chi connectivity index (χ2v) is 17.1. The summed E-state index contributed by atoms with van der Waals surface area (Å²) in [5, 5.41) is 43.7. The summed E-state index contributed by atoms with van der Waals surface area (Å²) in [4.78, 5) is 12.5. The first-order chi connectivity index (χ1) is 28.0. The molecule has 0 aromatic heterocycles. The second-order valence-electron chi connectivity index (χ2n) is 17.1. The summed E-state index contributed by atoms with van der Waals surface area (Å²) in [5.41, 5.74) is 0. The van der Waals surface area contributed by atoms with Gasteiger partial charge in [-0.1, -0.05) is 224 Å². The fraction of sp³-hybridized carbons (Fsp3) is 0.863. The highest BCUT2D eigenvalue weighted by Gasteiger charge is 2.28. The number of aliphatic hydroxyl groups excluding tert-OH is 4. The summed E-state index contributed by atoms with van der Waals surface area (Å²) >= 11 is 0. The summed E-state index contributed by atoms with van der Waals surface area (Å²) in [7, 11) is 0. The van der Waals surface area contributed by atoms with E-state index in [9.17, 15) is 25.2 Å². The van der Waals surface area contributed by atoms with Crippen LogP contribution in [0.25, 0.3) is 0 Å². The molecule has 0 fully saturated rings. The molecule has 1 amide bonds. The van der Waals surface area contributed by atoms with Gasteiger partial charge < -0.3 is 25.7 Å². The van der Waals surface area contributed by atoms with Gasteiger partial charge in [-0.15, -0.1) is 0 Å². The van der Waals surface area contributed by atoms with Gasteiger partial charge in [-0.05, 0) is 64.2 Å². The third-order valence-electron chi connectivity index (χ3n) is 11.6. The molecule has 4 unspecified atom stereocenters. The van der Waals surface area contributed by atoms with E-state index < -0.39 is 36.9 Å². The van der Waals surface area contributed by atoms with Gasteiger partial charge in [0, 0.05) is 0 Å². The lowest BCUT2D eigenvalue weighted by Crippen LogP contribution is -2.53. The van der Waals surface area contributed by atoms with Crippen LogP contribution in [0.1, 0.15) is 251 Å². The zero-order valence-corrected chi connectivity index (χ0v) is 37.8. The number of hydrogen-bond donors (Lipinski definition) is 5. The van der Waals surface area contributed by atoms with Gasteiger partial charge >= 0.3 is 0 Å². The van der Waals surface area contributed by atoms with Crippen LogP contribution in [0.3, 0.4) is 0 Å². The molecule has 0 aliphatic heterocycles. The lowest BCUT2D eigenvalue weighted by atomic mass is 10.00. The van der Waals surface area contributed by atoms with Gasteiger partial charge in [-0.2, -0.15) is 0 Å². The molecule has 6 heteroatoms. The number of hydrogen-bond acceptors (Lipinski definition) is 5. The maximum atomic E-state index is 12.5. The van der Waals surface area contributed by atoms with Crippen molar-refractivity contribution in [3.63, 3.8) is 0 Å². The van der Waals surface area contributed by atoms with Crippen molar-refractivity contribution >= 4 is 5.91 Å². The predicted molar refractivity (Wildman–Crippen MR) is 247 cm³/mol. The predicted octanol–water partition coefficient (Wildman–Crippen LogP) is 13.7. The van der Waals surface area contributed by atoms with Crippen molar-refractivity contribution in [1.82, 2.24) is 5.32 Å². The topological polar surface area (TPSA) is 110 Å². The zero-order chi connectivity index (χ0) is 41.7. The molecular formula is C51H97NO5. The first kappa shape index (κ1) is 55.5. The number of nitrogens with one attached hydrogen (secondary N) is 1. The van der Waals surface area contributed by atoms with Crippen molar-refractivity contribution in [2.24, 2.45) is 0 Å². The van der Waals surface area contributed by atoms with E-state index in [1.54, 1.807) is 0 Å². The van der Waals surface area contributed by atoms with Crippen LogP contribution in [0.2, 0.25) is 0 Å². The largest absolute Gasteiger partial charge is 0.394 e. The number of carbonyl (C=O) groups excluding carboxylic acids is 1. The first-order valence-corrected chi connectivity index (χ1v) is 24.9. The van der Waals surface area contributed by atoms with Gasteiger partial charge in [-0.25, -0.2) is 0 Å². The van der Waals surface area contributed by atoms with Crippen molar-refractivity contribution in [1.29, 1.82) is 0 Å². The molecule has 0 spiro atoms. The Hall–Kier alpha value is -1.47. The van der Waals surface area contributed by atoms with Crippen molar-refractivity contribution in [3.8, 4) is 0 Å². The van der Waals surface area contributed by atoms with Gasteiger partial charge in [-0.3, -0.25) is 4.79 Å². The molecule has 0 bridgehead atoms. The van der Waals surface area contributed by atoms with E-state index in [0.29, 0.717) is 19.3 Å². The van der Waals surface area contributed by atoms with Crippen LogP contribution in [0.15, 0.2) is 36.5 Å². The minimum atomic E-state index is -1.29. The van der Waals surface area contributed by atoms with E-state index in [4.69, 9.17) is 0 Å². The molecule has 0 heterocycles. The van der Waals surface area contributed by atoms with Gasteiger partial charge in [0.2, 0.25) is 5.91 Å². The molecule has 0 saturated carbocycles. The second kappa shape index (κ2) is 45.6. The Balaban J connectivity index is 3.74. The maximum Gasteiger partial charge on any atom is 0.249 e. The van der Waals surface area contributed by atoms with Gasteiger partial charge in [0.15, 0.2) is 0 Å². The van der Waals surface area contributed by atoms with Crippen LogP contribution in [-0.2, 0) is 4.79 Å². The standard InChI is InChI=1S/C51H97NO5/c1-3-5-7-9-11-13-15-17-19-20-21-22-23-24-25-26-27-28-29-30-31-33-34-36-38-40-42-44-48(54)50(56)47(46-53)52-51(57)49(55)45-43-41-39-37-35-32-18-16-14-12-10-8-6-4-2/h26-27,30-31,36,38,47-50,53-56H,3-25,28-29,32-35,37,39-46H2,1-2H3,(H,52,57)/b27-26+,31-30+,38-36+. The molecule has 0 aliphatic rings. The molecule has 5 N–H and O–H groups in total. The minimum absolute atomic E-state index is 0.361. The summed E-state index contributed by atoms with van der Waals surface area (Å²) in [5.74, 6) is -0.598. The van der Waals surface area contributed by atoms with E-state index in [-0.39, 0.29) is 0 Å². The quantitative estimate of drug-likeness (QED) is 0.0311. The number of allylic oxidation sites excluding steroid dienone is 6. The Kier molecular flexibility index (Phi) is 44.4. The highest BCUT2D eigenvalue weighted by Crippen LogP contribution is 2.16. The third kappa shape index (κ3) is 39.7. The monoisotopic (exact) mass is 804 g/mol. The average molecular weight is 804 g/mol. The van der Waals surface area contributed by atoms with Crippen molar-refractivity contribution in [2.75, 3.05) is 6.61 Å². The highest BCUT2D eigenvalue weighted by atomic mass is 16.3. The lowest BCUT2D eigenvalue weighted by Gasteiger charge is -2.27. The highest BCUT2D eigenvalue weighted by molar-refractivity contribution is 5.80. The molecule has 0 aliphatic carbocycles. The summed E-state index contributed by atoms with van der Waals surface area (Å²) in [6.07, 6.45) is 54.8. The van der Waals surface area contributed by atoms with Crippen LogP contribution < -0.4 is 5.32 Å². The van der Waals surface area contributed by atoms with E-state index in [0.717, 1.165) is 51.4 Å². The fourth-order valence-corrected chi connectivity index (χ4v) is 7.61. The van der Waals surface area contributed by atoms with Crippen LogP contribution >= 0.6 is 0 Å². The fourth-order valence-electron chi connectivity index (χ4n) is 7.61. The third-order valence-corrected chi connectivity index (χ3v) is 11.6. The molecule has 57 heavy (non-hydrogen) atoms. The number of aliphatic hydroxyl groups is 4. The van der Waals surface area contributed by atoms with Crippen LogP contribution in [0.5, 0.6) is 0 Å². The molecule has 0 saturated heterocycles. The summed E-state index contributed by atoms with van der Waals surface area (Å²) in [6, 6.07) is -1.01. The van der Waals surface area contributed by atoms with Crippen LogP contribution in [0, 0.1) is 0 Å². The Bertz CT molecular complexity index is 904. The lowest BCUT2D eigenvalue weighted by molar-refractivity contribution is -0.132. The van der Waals surface area contributed by atoms with Crippen molar-refractivity contribution < 1.29 is 25.2 Å². The Labute approximate surface area is 354 Å². The zero-order valence-electron chi connectivity index (χ0n) is 37.8. The Morgan fingerprint density at radius 1 is 0.421 bits per heavy atom. The smallest absolute Gasteiger partial charge is 0.249 e. The van der Waals surface area contributed by atoms with Crippen molar-refractivity contribution in [2.45, 2.75) is 276 Å². The molecule has 0 radical (unpaired) electrons. The minimum Gasteiger partial charge on any atom is -0.394 e. The van der Waals surface area contributed by atoms with Gasteiger partial charge in [0.25, 0.3) is 0 Å². The molecule has 0 aromatic carbocycles. The molecule has 6 nitrogen and oxygen atoms in total. The molecular weight excluding hydrogens is 707 g/mol. The Morgan fingerprint density at radius 3 is 1.11 bits per heavy atom. The van der Waals surface area contributed by atoms with Crippen LogP contribution in [0.4, 0.5) is 0 Å². The Morgan fingerprint density at radius 2 is 0.737 bits per heavy atom.